The number of nitriles is 1. The molecule has 0 aliphatic rings. The Kier molecular flexibility index (Phi) is 4.01. The summed E-state index contributed by atoms with van der Waals surface area (Å²) < 4.78 is 0. The van der Waals surface area contributed by atoms with Gasteiger partial charge in [0.1, 0.15) is 0 Å². The Morgan fingerprint density at radius 2 is 2.08 bits per heavy atom. The van der Waals surface area contributed by atoms with E-state index in [2.05, 4.69) is 10.2 Å². The molecule has 0 spiro atoms. The summed E-state index contributed by atoms with van der Waals surface area (Å²) in [5.74, 6) is -0.417. The van der Waals surface area contributed by atoms with Gasteiger partial charge in [-0.25, -0.2) is 4.84 Å². The van der Waals surface area contributed by atoms with Crippen molar-refractivity contribution in [3.05, 3.63) is 0 Å². The SMILES string of the molecule is CC(C)(C)NC(=O)C(C#N)NCl. The van der Waals surface area contributed by atoms with E-state index in [0.717, 1.165) is 0 Å². The molecule has 0 radical (unpaired) electrons. The predicted molar refractivity (Wildman–Crippen MR) is 46.3 cm³/mol. The van der Waals surface area contributed by atoms with Gasteiger partial charge in [0.15, 0.2) is 6.04 Å². The second kappa shape index (κ2) is 4.29. The largest absolute Gasteiger partial charge is 0.349 e. The van der Waals surface area contributed by atoms with Gasteiger partial charge in [0.25, 0.3) is 5.91 Å². The minimum Gasteiger partial charge on any atom is -0.349 e. The zero-order chi connectivity index (χ0) is 9.78. The van der Waals surface area contributed by atoms with Crippen molar-refractivity contribution in [1.29, 1.82) is 5.26 Å². The normalized spacial score (nSPS) is 13.2. The number of carbonyl (C=O) groups is 1. The van der Waals surface area contributed by atoms with Crippen molar-refractivity contribution >= 4 is 17.7 Å². The Balaban J connectivity index is 4.14. The Labute approximate surface area is 77.0 Å². The smallest absolute Gasteiger partial charge is 0.253 e. The fourth-order valence-electron chi connectivity index (χ4n) is 0.574. The number of hydrogen-bond acceptors (Lipinski definition) is 3. The van der Waals surface area contributed by atoms with Gasteiger partial charge in [0.2, 0.25) is 0 Å². The Bertz CT molecular complexity index is 204. The first kappa shape index (κ1) is 11.2. The van der Waals surface area contributed by atoms with Crippen molar-refractivity contribution in [1.82, 2.24) is 10.2 Å². The summed E-state index contributed by atoms with van der Waals surface area (Å²) in [7, 11) is 0. The van der Waals surface area contributed by atoms with Gasteiger partial charge in [0.05, 0.1) is 6.07 Å². The van der Waals surface area contributed by atoms with Crippen LogP contribution in [0.3, 0.4) is 0 Å². The summed E-state index contributed by atoms with van der Waals surface area (Å²) in [6, 6.07) is 0.724. The molecule has 0 aromatic carbocycles. The standard InChI is InChI=1S/C7H12ClN3O/c1-7(2,3)10-6(12)5(4-9)11-8/h5,11H,1-3H3,(H,10,12). The number of hydrogen-bond donors (Lipinski definition) is 2. The van der Waals surface area contributed by atoms with Gasteiger partial charge in [-0.3, -0.25) is 4.79 Å². The topological polar surface area (TPSA) is 64.9 Å². The second-order valence-corrected chi connectivity index (χ2v) is 3.63. The number of nitrogens with zero attached hydrogens (tertiary/aromatic N) is 1. The lowest BCUT2D eigenvalue weighted by atomic mass is 10.1. The van der Waals surface area contributed by atoms with Crippen molar-refractivity contribution in [2.75, 3.05) is 0 Å². The van der Waals surface area contributed by atoms with Crippen molar-refractivity contribution < 1.29 is 4.79 Å². The van der Waals surface area contributed by atoms with Crippen LogP contribution in [0.5, 0.6) is 0 Å². The monoisotopic (exact) mass is 189 g/mol. The third-order valence-electron chi connectivity index (χ3n) is 0.999. The average molecular weight is 190 g/mol. The summed E-state index contributed by atoms with van der Waals surface area (Å²) in [6.45, 7) is 5.48. The van der Waals surface area contributed by atoms with Gasteiger partial charge in [-0.05, 0) is 32.5 Å². The highest BCUT2D eigenvalue weighted by Gasteiger charge is 2.21. The maximum Gasteiger partial charge on any atom is 0.253 e. The number of amides is 1. The van der Waals surface area contributed by atoms with Crippen LogP contribution >= 0.6 is 11.8 Å². The fourth-order valence-corrected chi connectivity index (χ4v) is 0.722. The summed E-state index contributed by atoms with van der Waals surface area (Å²) in [4.78, 5) is 13.2. The molecule has 1 atom stereocenters. The van der Waals surface area contributed by atoms with Crippen LogP contribution in [0.1, 0.15) is 20.8 Å². The number of carbonyl (C=O) groups excluding carboxylic acids is 1. The number of nitrogens with one attached hydrogen (secondary N) is 2. The highest BCUT2D eigenvalue weighted by atomic mass is 35.5. The van der Waals surface area contributed by atoms with E-state index < -0.39 is 11.9 Å². The maximum atomic E-state index is 11.1. The quantitative estimate of drug-likeness (QED) is 0.624. The molecular formula is C7H12ClN3O. The zero-order valence-corrected chi connectivity index (χ0v) is 8.07. The molecule has 12 heavy (non-hydrogen) atoms. The molecule has 0 saturated carbocycles. The highest BCUT2D eigenvalue weighted by molar-refractivity contribution is 6.15. The van der Waals surface area contributed by atoms with Gasteiger partial charge < -0.3 is 5.32 Å². The number of rotatable bonds is 2. The average Bonchev–Trinajstić information content (AvgIpc) is 1.85. The van der Waals surface area contributed by atoms with Crippen LogP contribution in [0.25, 0.3) is 0 Å². The molecule has 1 unspecified atom stereocenters. The third kappa shape index (κ3) is 4.16. The summed E-state index contributed by atoms with van der Waals surface area (Å²) in [6.07, 6.45) is 0. The number of halogens is 1. The van der Waals surface area contributed by atoms with E-state index in [1.165, 1.54) is 0 Å². The molecule has 0 aromatic rings. The van der Waals surface area contributed by atoms with Crippen LogP contribution in [0, 0.1) is 11.3 Å². The zero-order valence-electron chi connectivity index (χ0n) is 7.31. The lowest BCUT2D eigenvalue weighted by Gasteiger charge is -2.21. The van der Waals surface area contributed by atoms with Gasteiger partial charge in [0, 0.05) is 5.54 Å². The molecule has 0 heterocycles. The third-order valence-corrected chi connectivity index (χ3v) is 1.22. The van der Waals surface area contributed by atoms with Gasteiger partial charge in [-0.15, -0.1) is 0 Å². The first-order chi connectivity index (χ1) is 5.40. The Morgan fingerprint density at radius 1 is 1.58 bits per heavy atom. The molecule has 0 rings (SSSR count). The molecular weight excluding hydrogens is 178 g/mol. The molecule has 1 amide bonds. The van der Waals surface area contributed by atoms with Crippen LogP contribution < -0.4 is 10.2 Å². The molecule has 0 bridgehead atoms. The second-order valence-electron chi connectivity index (χ2n) is 3.41. The van der Waals surface area contributed by atoms with E-state index in [-0.39, 0.29) is 5.54 Å². The molecule has 0 aromatic heterocycles. The van der Waals surface area contributed by atoms with E-state index in [1.54, 1.807) is 6.07 Å². The first-order valence-electron chi connectivity index (χ1n) is 3.48. The lowest BCUT2D eigenvalue weighted by molar-refractivity contribution is -0.122. The van der Waals surface area contributed by atoms with Crippen molar-refractivity contribution in [3.8, 4) is 6.07 Å². The predicted octanol–water partition coefficient (Wildman–Crippen LogP) is 0.537. The van der Waals surface area contributed by atoms with Gasteiger partial charge >= 0.3 is 0 Å². The highest BCUT2D eigenvalue weighted by Crippen LogP contribution is 1.99. The minimum atomic E-state index is -0.995. The Morgan fingerprint density at radius 3 is 2.33 bits per heavy atom. The van der Waals surface area contributed by atoms with Crippen molar-refractivity contribution in [3.63, 3.8) is 0 Å². The van der Waals surface area contributed by atoms with Gasteiger partial charge in [-0.2, -0.15) is 5.26 Å². The van der Waals surface area contributed by atoms with Crippen LogP contribution in [0.4, 0.5) is 0 Å². The lowest BCUT2D eigenvalue weighted by Crippen LogP contribution is -2.48. The fraction of sp³-hybridized carbons (Fsp3) is 0.714. The molecule has 4 nitrogen and oxygen atoms in total. The van der Waals surface area contributed by atoms with E-state index >= 15 is 0 Å². The van der Waals surface area contributed by atoms with Crippen LogP contribution in [-0.2, 0) is 4.79 Å². The summed E-state index contributed by atoms with van der Waals surface area (Å²) >= 11 is 5.16. The van der Waals surface area contributed by atoms with Crippen molar-refractivity contribution in [2.24, 2.45) is 0 Å². The molecule has 5 heteroatoms. The molecule has 68 valence electrons. The van der Waals surface area contributed by atoms with Crippen molar-refractivity contribution in [2.45, 2.75) is 32.4 Å². The van der Waals surface area contributed by atoms with Crippen LogP contribution in [0.2, 0.25) is 0 Å². The molecule has 0 saturated heterocycles. The van der Waals surface area contributed by atoms with Crippen LogP contribution in [0.15, 0.2) is 0 Å². The van der Waals surface area contributed by atoms with E-state index in [9.17, 15) is 4.79 Å². The van der Waals surface area contributed by atoms with E-state index in [0.29, 0.717) is 0 Å². The van der Waals surface area contributed by atoms with E-state index in [1.807, 2.05) is 20.8 Å². The molecule has 0 fully saturated rings. The minimum absolute atomic E-state index is 0.347. The summed E-state index contributed by atoms with van der Waals surface area (Å²) in [5, 5.41) is 11.0. The molecule has 0 aliphatic heterocycles. The van der Waals surface area contributed by atoms with E-state index in [4.69, 9.17) is 17.0 Å². The molecule has 0 aliphatic carbocycles. The van der Waals surface area contributed by atoms with Gasteiger partial charge in [-0.1, -0.05) is 0 Å². The van der Waals surface area contributed by atoms with Crippen LogP contribution in [-0.4, -0.2) is 17.5 Å². The summed E-state index contributed by atoms with van der Waals surface area (Å²) in [5.41, 5.74) is -0.347. The first-order valence-corrected chi connectivity index (χ1v) is 3.86. The molecule has 2 N–H and O–H groups in total. The Hall–Kier alpha value is -0.790. The maximum absolute atomic E-state index is 11.1.